The molecule has 0 spiro atoms. The lowest BCUT2D eigenvalue weighted by molar-refractivity contribution is 0.771. The third-order valence-corrected chi connectivity index (χ3v) is 2.77. The van der Waals surface area contributed by atoms with E-state index in [0.29, 0.717) is 0 Å². The Bertz CT molecular complexity index is 478. The van der Waals surface area contributed by atoms with Gasteiger partial charge in [0, 0.05) is 4.47 Å². The number of tetrazole rings is 1. The number of aromatic nitrogens is 4. The Kier molecular flexibility index (Phi) is 2.81. The zero-order chi connectivity index (χ0) is 10.8. The molecule has 0 aliphatic rings. The van der Waals surface area contributed by atoms with Gasteiger partial charge in [-0.25, -0.2) is 0 Å². The minimum absolute atomic E-state index is 0.798. The fourth-order valence-electron chi connectivity index (χ4n) is 1.50. The average molecular weight is 267 g/mol. The van der Waals surface area contributed by atoms with Gasteiger partial charge in [-0.3, -0.25) is 0 Å². The normalized spacial score (nSPS) is 10.6. The molecule has 0 aliphatic heterocycles. The van der Waals surface area contributed by atoms with Gasteiger partial charge in [0.05, 0.1) is 5.69 Å². The predicted octanol–water partition coefficient (Wildman–Crippen LogP) is 2.30. The molecular weight excluding hydrogens is 256 g/mol. The Morgan fingerprint density at radius 3 is 2.80 bits per heavy atom. The lowest BCUT2D eigenvalue weighted by Gasteiger charge is -2.08. The van der Waals surface area contributed by atoms with E-state index in [1.165, 1.54) is 5.56 Å². The molecule has 0 N–H and O–H groups in total. The molecule has 0 atom stereocenters. The first-order valence-corrected chi connectivity index (χ1v) is 5.55. The van der Waals surface area contributed by atoms with E-state index in [1.807, 2.05) is 19.1 Å². The van der Waals surface area contributed by atoms with Gasteiger partial charge in [-0.05, 0) is 47.5 Å². The molecular formula is C10H11BrN4. The summed E-state index contributed by atoms with van der Waals surface area (Å²) >= 11 is 3.46. The lowest BCUT2D eigenvalue weighted by atomic mass is 10.1. The monoisotopic (exact) mass is 266 g/mol. The molecule has 0 bridgehead atoms. The van der Waals surface area contributed by atoms with Gasteiger partial charge in [0.2, 0.25) is 0 Å². The summed E-state index contributed by atoms with van der Waals surface area (Å²) in [6.45, 7) is 4.01. The first-order valence-electron chi connectivity index (χ1n) is 4.76. The summed E-state index contributed by atoms with van der Waals surface area (Å²) in [5, 5.41) is 11.5. The summed E-state index contributed by atoms with van der Waals surface area (Å²) < 4.78 is 2.83. The molecule has 0 saturated heterocycles. The molecule has 0 fully saturated rings. The van der Waals surface area contributed by atoms with Crippen molar-refractivity contribution in [3.63, 3.8) is 0 Å². The molecule has 78 valence electrons. The Hall–Kier alpha value is -1.23. The zero-order valence-electron chi connectivity index (χ0n) is 8.61. The van der Waals surface area contributed by atoms with E-state index in [2.05, 4.69) is 44.4 Å². The molecule has 1 aromatic heterocycles. The van der Waals surface area contributed by atoms with Gasteiger partial charge in [0.15, 0.2) is 5.82 Å². The Morgan fingerprint density at radius 2 is 2.20 bits per heavy atom. The molecule has 5 heteroatoms. The van der Waals surface area contributed by atoms with Crippen LogP contribution in [-0.2, 0) is 6.42 Å². The molecule has 1 aromatic carbocycles. The number of aryl methyl sites for hydroxylation is 2. The standard InChI is InChI=1S/C10H11BrN4/c1-3-8-6-9(11)4-5-10(8)15-7(2)12-13-14-15/h4-6H,3H2,1-2H3. The second-order valence-electron chi connectivity index (χ2n) is 3.26. The van der Waals surface area contributed by atoms with Gasteiger partial charge in [-0.2, -0.15) is 4.68 Å². The maximum absolute atomic E-state index is 3.96. The summed E-state index contributed by atoms with van der Waals surface area (Å²) in [5.74, 6) is 0.798. The van der Waals surface area contributed by atoms with Crippen LogP contribution in [0.4, 0.5) is 0 Å². The fourth-order valence-corrected chi connectivity index (χ4v) is 1.91. The summed E-state index contributed by atoms with van der Waals surface area (Å²) in [4.78, 5) is 0. The van der Waals surface area contributed by atoms with Crippen LogP contribution < -0.4 is 0 Å². The number of halogens is 1. The summed E-state index contributed by atoms with van der Waals surface area (Å²) in [7, 11) is 0. The third-order valence-electron chi connectivity index (χ3n) is 2.28. The molecule has 15 heavy (non-hydrogen) atoms. The first kappa shape index (κ1) is 10.3. The minimum Gasteiger partial charge on any atom is -0.197 e. The summed E-state index contributed by atoms with van der Waals surface area (Å²) in [5.41, 5.74) is 2.27. The van der Waals surface area contributed by atoms with Crippen LogP contribution in [0.25, 0.3) is 5.69 Å². The molecule has 2 aromatic rings. The Morgan fingerprint density at radius 1 is 1.40 bits per heavy atom. The van der Waals surface area contributed by atoms with E-state index in [0.717, 1.165) is 22.4 Å². The van der Waals surface area contributed by atoms with Gasteiger partial charge in [0.1, 0.15) is 0 Å². The van der Waals surface area contributed by atoms with Crippen LogP contribution in [0.2, 0.25) is 0 Å². The lowest BCUT2D eigenvalue weighted by Crippen LogP contribution is -2.03. The zero-order valence-corrected chi connectivity index (χ0v) is 10.2. The number of hydrogen-bond acceptors (Lipinski definition) is 3. The van der Waals surface area contributed by atoms with Crippen LogP contribution in [-0.4, -0.2) is 20.2 Å². The van der Waals surface area contributed by atoms with Crippen LogP contribution >= 0.6 is 15.9 Å². The maximum Gasteiger partial charge on any atom is 0.153 e. The number of benzene rings is 1. The van der Waals surface area contributed by atoms with Crippen molar-refractivity contribution < 1.29 is 0 Å². The van der Waals surface area contributed by atoms with Crippen molar-refractivity contribution in [2.75, 3.05) is 0 Å². The number of rotatable bonds is 2. The second kappa shape index (κ2) is 4.10. The third kappa shape index (κ3) is 1.92. The van der Waals surface area contributed by atoms with E-state index < -0.39 is 0 Å². The molecule has 0 saturated carbocycles. The predicted molar refractivity (Wildman–Crippen MR) is 61.0 cm³/mol. The van der Waals surface area contributed by atoms with Crippen molar-refractivity contribution in [1.29, 1.82) is 0 Å². The van der Waals surface area contributed by atoms with Crippen LogP contribution in [0.15, 0.2) is 22.7 Å². The Labute approximate surface area is 96.4 Å². The van der Waals surface area contributed by atoms with Crippen molar-refractivity contribution in [2.45, 2.75) is 20.3 Å². The highest BCUT2D eigenvalue weighted by atomic mass is 79.9. The van der Waals surface area contributed by atoms with Gasteiger partial charge in [0.25, 0.3) is 0 Å². The molecule has 2 rings (SSSR count). The van der Waals surface area contributed by atoms with E-state index in [1.54, 1.807) is 4.68 Å². The minimum atomic E-state index is 0.798. The highest BCUT2D eigenvalue weighted by Gasteiger charge is 2.08. The van der Waals surface area contributed by atoms with E-state index in [4.69, 9.17) is 0 Å². The van der Waals surface area contributed by atoms with Crippen molar-refractivity contribution in [2.24, 2.45) is 0 Å². The average Bonchev–Trinajstić information content (AvgIpc) is 2.64. The van der Waals surface area contributed by atoms with Crippen molar-refractivity contribution in [3.8, 4) is 5.69 Å². The van der Waals surface area contributed by atoms with Crippen LogP contribution in [0.1, 0.15) is 18.3 Å². The van der Waals surface area contributed by atoms with Gasteiger partial charge in [-0.15, -0.1) is 5.10 Å². The first-order chi connectivity index (χ1) is 7.22. The number of hydrogen-bond donors (Lipinski definition) is 0. The molecule has 0 aliphatic carbocycles. The highest BCUT2D eigenvalue weighted by molar-refractivity contribution is 9.10. The van der Waals surface area contributed by atoms with Crippen molar-refractivity contribution >= 4 is 15.9 Å². The second-order valence-corrected chi connectivity index (χ2v) is 4.18. The van der Waals surface area contributed by atoms with Crippen LogP contribution in [0, 0.1) is 6.92 Å². The number of nitrogens with zero attached hydrogens (tertiary/aromatic N) is 4. The topological polar surface area (TPSA) is 43.6 Å². The van der Waals surface area contributed by atoms with Crippen molar-refractivity contribution in [3.05, 3.63) is 34.1 Å². The van der Waals surface area contributed by atoms with Gasteiger partial charge in [-0.1, -0.05) is 22.9 Å². The maximum atomic E-state index is 3.96. The van der Waals surface area contributed by atoms with Crippen LogP contribution in [0.5, 0.6) is 0 Å². The quantitative estimate of drug-likeness (QED) is 0.838. The van der Waals surface area contributed by atoms with Gasteiger partial charge >= 0.3 is 0 Å². The molecule has 0 unspecified atom stereocenters. The molecule has 4 nitrogen and oxygen atoms in total. The SMILES string of the molecule is CCc1cc(Br)ccc1-n1nnnc1C. The van der Waals surface area contributed by atoms with Crippen LogP contribution in [0.3, 0.4) is 0 Å². The summed E-state index contributed by atoms with van der Waals surface area (Å²) in [6, 6.07) is 6.11. The largest absolute Gasteiger partial charge is 0.197 e. The van der Waals surface area contributed by atoms with Crippen molar-refractivity contribution in [1.82, 2.24) is 20.2 Å². The molecule has 0 radical (unpaired) electrons. The van der Waals surface area contributed by atoms with Gasteiger partial charge < -0.3 is 0 Å². The summed E-state index contributed by atoms with van der Waals surface area (Å²) in [6.07, 6.45) is 0.952. The smallest absolute Gasteiger partial charge is 0.153 e. The molecule has 0 amide bonds. The van der Waals surface area contributed by atoms with E-state index in [-0.39, 0.29) is 0 Å². The van der Waals surface area contributed by atoms with E-state index >= 15 is 0 Å². The highest BCUT2D eigenvalue weighted by Crippen LogP contribution is 2.20. The van der Waals surface area contributed by atoms with E-state index in [9.17, 15) is 0 Å². The Balaban J connectivity index is 2.58. The fraction of sp³-hybridized carbons (Fsp3) is 0.300. The molecule has 1 heterocycles.